The number of hydrogen-bond acceptors (Lipinski definition) is 6. The van der Waals surface area contributed by atoms with Gasteiger partial charge < -0.3 is 15.5 Å². The van der Waals surface area contributed by atoms with E-state index in [1.54, 1.807) is 6.20 Å². The maximum atomic E-state index is 4.56. The van der Waals surface area contributed by atoms with Crippen molar-refractivity contribution in [3.05, 3.63) is 60.8 Å². The standard InChI is InChI=1S/C13H17N3.C9H15N3/c1-10(16(2)3)14-13-9-8-11-6-4-5-7-12(11)15-13;1-12(2)8-7-11-9-5-3-4-6-10-9/h4-10H,1-3H3,(H,14,15);3-6H,7-8H2,1-2H3,(H,10,11). The first-order valence-electron chi connectivity index (χ1n) is 9.54. The lowest BCUT2D eigenvalue weighted by Crippen LogP contribution is -2.32. The SMILES string of the molecule is CC(Nc1ccc2ccccc2n1)N(C)C.CN(C)CCNc1ccccn1. The van der Waals surface area contributed by atoms with Gasteiger partial charge in [-0.15, -0.1) is 0 Å². The van der Waals surface area contributed by atoms with E-state index in [2.05, 4.69) is 63.6 Å². The number of benzene rings is 1. The Morgan fingerprint density at radius 3 is 2.32 bits per heavy atom. The zero-order valence-corrected chi connectivity index (χ0v) is 17.6. The van der Waals surface area contributed by atoms with E-state index in [4.69, 9.17) is 0 Å². The number of fused-ring (bicyclic) bond motifs is 1. The van der Waals surface area contributed by atoms with Crippen molar-refractivity contribution < 1.29 is 0 Å². The highest BCUT2D eigenvalue weighted by atomic mass is 15.2. The first-order chi connectivity index (χ1) is 13.5. The van der Waals surface area contributed by atoms with E-state index in [0.717, 1.165) is 30.2 Å². The molecule has 0 aliphatic rings. The van der Waals surface area contributed by atoms with Crippen LogP contribution in [0.15, 0.2) is 60.8 Å². The van der Waals surface area contributed by atoms with Crippen molar-refractivity contribution in [3.63, 3.8) is 0 Å². The zero-order valence-electron chi connectivity index (χ0n) is 17.6. The Kier molecular flexibility index (Phi) is 8.65. The Morgan fingerprint density at radius 2 is 1.64 bits per heavy atom. The molecule has 28 heavy (non-hydrogen) atoms. The molecule has 3 aromatic rings. The van der Waals surface area contributed by atoms with Crippen LogP contribution >= 0.6 is 0 Å². The summed E-state index contributed by atoms with van der Waals surface area (Å²) in [5.41, 5.74) is 1.03. The molecule has 6 nitrogen and oxygen atoms in total. The molecule has 0 aliphatic carbocycles. The molecule has 0 saturated heterocycles. The molecule has 2 N–H and O–H groups in total. The molecule has 0 aliphatic heterocycles. The highest BCUT2D eigenvalue weighted by Crippen LogP contribution is 2.15. The molecule has 0 fully saturated rings. The highest BCUT2D eigenvalue weighted by Gasteiger charge is 2.04. The number of pyridine rings is 2. The summed E-state index contributed by atoms with van der Waals surface area (Å²) < 4.78 is 0. The summed E-state index contributed by atoms with van der Waals surface area (Å²) in [4.78, 5) is 12.9. The number of para-hydroxylation sites is 1. The summed E-state index contributed by atoms with van der Waals surface area (Å²) in [5.74, 6) is 1.86. The lowest BCUT2D eigenvalue weighted by Gasteiger charge is -2.21. The molecule has 0 bridgehead atoms. The second-order valence-corrected chi connectivity index (χ2v) is 7.12. The molecular formula is C22H32N6. The summed E-state index contributed by atoms with van der Waals surface area (Å²) in [5, 5.41) is 7.74. The van der Waals surface area contributed by atoms with E-state index in [-0.39, 0.29) is 6.17 Å². The van der Waals surface area contributed by atoms with Gasteiger partial charge in [0.15, 0.2) is 0 Å². The van der Waals surface area contributed by atoms with E-state index < -0.39 is 0 Å². The first kappa shape index (κ1) is 21.6. The minimum Gasteiger partial charge on any atom is -0.369 e. The van der Waals surface area contributed by atoms with Crippen molar-refractivity contribution in [1.29, 1.82) is 0 Å². The topological polar surface area (TPSA) is 56.3 Å². The van der Waals surface area contributed by atoms with Crippen molar-refractivity contribution in [2.75, 3.05) is 51.9 Å². The molecule has 2 heterocycles. The maximum absolute atomic E-state index is 4.56. The molecule has 2 aromatic heterocycles. The number of hydrogen-bond donors (Lipinski definition) is 2. The van der Waals surface area contributed by atoms with Crippen LogP contribution in [0.25, 0.3) is 10.9 Å². The Labute approximate surface area is 168 Å². The van der Waals surface area contributed by atoms with E-state index in [9.17, 15) is 0 Å². The molecule has 1 aromatic carbocycles. The van der Waals surface area contributed by atoms with Crippen molar-refractivity contribution in [3.8, 4) is 0 Å². The summed E-state index contributed by atoms with van der Waals surface area (Å²) >= 11 is 0. The fraction of sp³-hybridized carbons (Fsp3) is 0.364. The molecular weight excluding hydrogens is 348 g/mol. The fourth-order valence-electron chi connectivity index (χ4n) is 2.36. The third-order valence-corrected chi connectivity index (χ3v) is 4.26. The third-order valence-electron chi connectivity index (χ3n) is 4.26. The number of likely N-dealkylation sites (N-methyl/N-ethyl adjacent to an activating group) is 1. The van der Waals surface area contributed by atoms with Gasteiger partial charge in [0.05, 0.1) is 11.7 Å². The summed E-state index contributed by atoms with van der Waals surface area (Å²) in [6.07, 6.45) is 2.06. The van der Waals surface area contributed by atoms with E-state index >= 15 is 0 Å². The van der Waals surface area contributed by atoms with E-state index in [1.807, 2.05) is 56.6 Å². The Bertz CT molecular complexity index is 819. The molecule has 0 spiro atoms. The Hall–Kier alpha value is -2.70. The van der Waals surface area contributed by atoms with Crippen LogP contribution in [0, 0.1) is 0 Å². The molecule has 150 valence electrons. The van der Waals surface area contributed by atoms with Gasteiger partial charge in [-0.1, -0.05) is 24.3 Å². The summed E-state index contributed by atoms with van der Waals surface area (Å²) in [6, 6.07) is 18.1. The Morgan fingerprint density at radius 1 is 0.893 bits per heavy atom. The van der Waals surface area contributed by atoms with Crippen molar-refractivity contribution in [1.82, 2.24) is 19.8 Å². The van der Waals surface area contributed by atoms with Crippen LogP contribution in [0.3, 0.4) is 0 Å². The van der Waals surface area contributed by atoms with Gasteiger partial charge in [0.25, 0.3) is 0 Å². The van der Waals surface area contributed by atoms with Crippen molar-refractivity contribution in [2.45, 2.75) is 13.1 Å². The van der Waals surface area contributed by atoms with Crippen LogP contribution < -0.4 is 10.6 Å². The number of nitrogens with zero attached hydrogens (tertiary/aromatic N) is 4. The molecule has 1 atom stereocenters. The third kappa shape index (κ3) is 7.50. The fourth-order valence-corrected chi connectivity index (χ4v) is 2.36. The van der Waals surface area contributed by atoms with Gasteiger partial charge in [-0.2, -0.15) is 0 Å². The lowest BCUT2D eigenvalue weighted by molar-refractivity contribution is 0.343. The van der Waals surface area contributed by atoms with E-state index in [1.165, 1.54) is 5.39 Å². The van der Waals surface area contributed by atoms with Gasteiger partial charge in [0, 0.05) is 24.7 Å². The van der Waals surface area contributed by atoms with Crippen LogP contribution in [-0.4, -0.2) is 67.2 Å². The van der Waals surface area contributed by atoms with Gasteiger partial charge in [-0.05, 0) is 65.4 Å². The minimum atomic E-state index is 0.272. The van der Waals surface area contributed by atoms with Crippen LogP contribution in [0.5, 0.6) is 0 Å². The van der Waals surface area contributed by atoms with Crippen molar-refractivity contribution in [2.24, 2.45) is 0 Å². The number of nitrogens with one attached hydrogen (secondary N) is 2. The smallest absolute Gasteiger partial charge is 0.127 e. The first-order valence-corrected chi connectivity index (χ1v) is 9.54. The van der Waals surface area contributed by atoms with Gasteiger partial charge in [0.1, 0.15) is 11.6 Å². The minimum absolute atomic E-state index is 0.272. The van der Waals surface area contributed by atoms with Gasteiger partial charge in [-0.3, -0.25) is 4.90 Å². The number of rotatable bonds is 7. The summed E-state index contributed by atoms with van der Waals surface area (Å²) in [6.45, 7) is 4.07. The normalized spacial score (nSPS) is 11.8. The molecule has 0 amide bonds. The maximum Gasteiger partial charge on any atom is 0.127 e. The lowest BCUT2D eigenvalue weighted by atomic mass is 10.2. The molecule has 6 heteroatoms. The quantitative estimate of drug-likeness (QED) is 0.611. The highest BCUT2D eigenvalue weighted by molar-refractivity contribution is 5.80. The Balaban J connectivity index is 0.000000209. The average Bonchev–Trinajstić information content (AvgIpc) is 2.69. The monoisotopic (exact) mass is 380 g/mol. The average molecular weight is 381 g/mol. The van der Waals surface area contributed by atoms with Gasteiger partial charge in [0.2, 0.25) is 0 Å². The van der Waals surface area contributed by atoms with Crippen LogP contribution in [0.1, 0.15) is 6.92 Å². The largest absolute Gasteiger partial charge is 0.369 e. The molecule has 0 saturated carbocycles. The predicted octanol–water partition coefficient (Wildman–Crippen LogP) is 3.61. The number of anilines is 2. The van der Waals surface area contributed by atoms with Crippen molar-refractivity contribution >= 4 is 22.5 Å². The number of aromatic nitrogens is 2. The van der Waals surface area contributed by atoms with Crippen LogP contribution in [-0.2, 0) is 0 Å². The molecule has 0 radical (unpaired) electrons. The van der Waals surface area contributed by atoms with Gasteiger partial charge >= 0.3 is 0 Å². The summed E-state index contributed by atoms with van der Waals surface area (Å²) in [7, 11) is 8.19. The molecule has 1 unspecified atom stereocenters. The molecule has 3 rings (SSSR count). The van der Waals surface area contributed by atoms with Crippen LogP contribution in [0.4, 0.5) is 11.6 Å². The zero-order chi connectivity index (χ0) is 20.4. The second kappa shape index (κ2) is 11.2. The predicted molar refractivity (Wildman–Crippen MR) is 120 cm³/mol. The second-order valence-electron chi connectivity index (χ2n) is 7.12. The van der Waals surface area contributed by atoms with Gasteiger partial charge in [-0.25, -0.2) is 9.97 Å². The van der Waals surface area contributed by atoms with Crippen LogP contribution in [0.2, 0.25) is 0 Å². The van der Waals surface area contributed by atoms with E-state index in [0.29, 0.717) is 0 Å².